The summed E-state index contributed by atoms with van der Waals surface area (Å²) >= 11 is 0. The van der Waals surface area contributed by atoms with Crippen LogP contribution in [0, 0.1) is 0 Å². The molecule has 0 spiro atoms. The summed E-state index contributed by atoms with van der Waals surface area (Å²) < 4.78 is 6.91. The van der Waals surface area contributed by atoms with Crippen molar-refractivity contribution in [3.05, 3.63) is 119 Å². The molecule has 0 radical (unpaired) electrons. The van der Waals surface area contributed by atoms with E-state index in [1.807, 2.05) is 66.7 Å². The van der Waals surface area contributed by atoms with Gasteiger partial charge in [-0.3, -0.25) is 0 Å². The van der Waals surface area contributed by atoms with Crippen molar-refractivity contribution in [2.45, 2.75) is 96.1 Å². The zero-order chi connectivity index (χ0) is 28.4. The maximum absolute atomic E-state index is 13.0. The second-order valence-corrected chi connectivity index (χ2v) is 21.9. The summed E-state index contributed by atoms with van der Waals surface area (Å²) in [5.41, 5.74) is 1.56. The third kappa shape index (κ3) is 6.57. The van der Waals surface area contributed by atoms with Crippen LogP contribution in [0.1, 0.15) is 58.2 Å². The van der Waals surface area contributed by atoms with Gasteiger partial charge in [-0.2, -0.15) is 0 Å². The molecular weight excluding hydrogens is 509 g/mol. The second kappa shape index (κ2) is 14.4. The highest BCUT2D eigenvalue weighted by Gasteiger charge is 2.47. The van der Waals surface area contributed by atoms with Crippen molar-refractivity contribution >= 4 is 16.1 Å². The summed E-state index contributed by atoms with van der Waals surface area (Å²) in [4.78, 5) is 1.73. The van der Waals surface area contributed by atoms with Crippen LogP contribution >= 0.6 is 0 Å². The summed E-state index contributed by atoms with van der Waals surface area (Å²) in [7, 11) is -3.53. The summed E-state index contributed by atoms with van der Waals surface area (Å²) in [5, 5.41) is 13.0. The lowest BCUT2D eigenvalue weighted by molar-refractivity contribution is -0.0720. The van der Waals surface area contributed by atoms with Crippen LogP contribution in [0.15, 0.2) is 102 Å². The predicted molar refractivity (Wildman–Crippen MR) is 173 cm³/mol. The van der Waals surface area contributed by atoms with Gasteiger partial charge in [-0.05, 0) is 16.7 Å². The van der Waals surface area contributed by atoms with E-state index in [4.69, 9.17) is 4.74 Å². The van der Waals surface area contributed by atoms with Gasteiger partial charge in [0, 0.05) is 0 Å². The minimum atomic E-state index is -1.77. The highest BCUT2D eigenvalue weighted by atomic mass is 28.4. The molecule has 39 heavy (non-hydrogen) atoms. The molecule has 0 aliphatic carbocycles. The number of ether oxygens (including phenoxy) is 1. The maximum atomic E-state index is 13.0. The van der Waals surface area contributed by atoms with Gasteiger partial charge < -0.3 is 9.84 Å². The second-order valence-electron chi connectivity index (χ2n) is 11.0. The van der Waals surface area contributed by atoms with Gasteiger partial charge in [0.1, 0.15) is 11.7 Å². The van der Waals surface area contributed by atoms with E-state index in [2.05, 4.69) is 71.9 Å². The molecule has 4 heteroatoms. The Kier molecular flexibility index (Phi) is 11.6. The van der Waals surface area contributed by atoms with Crippen molar-refractivity contribution in [1.29, 1.82) is 0 Å². The quantitative estimate of drug-likeness (QED) is 0.188. The molecule has 0 aliphatic rings. The first-order chi connectivity index (χ1) is 18.9. The van der Waals surface area contributed by atoms with Crippen LogP contribution in [0.3, 0.4) is 0 Å². The Hall–Kier alpha value is -2.25. The van der Waals surface area contributed by atoms with Gasteiger partial charge >= 0.3 is 0 Å². The smallest absolute Gasteiger partial charge is 0.144 e. The van der Waals surface area contributed by atoms with Crippen LogP contribution in [-0.4, -0.2) is 27.4 Å². The molecule has 0 aliphatic heterocycles. The highest BCUT2D eigenvalue weighted by Crippen LogP contribution is 2.43. The molecule has 0 aromatic heterocycles. The van der Waals surface area contributed by atoms with Crippen molar-refractivity contribution < 1.29 is 9.84 Å². The average molecular weight is 559 g/mol. The molecule has 3 aromatic rings. The summed E-state index contributed by atoms with van der Waals surface area (Å²) in [5.74, 6) is 0. The van der Waals surface area contributed by atoms with Gasteiger partial charge in [0.2, 0.25) is 0 Å². The Bertz CT molecular complexity index is 1060. The number of rotatable bonds is 15. The van der Waals surface area contributed by atoms with Crippen LogP contribution in [0.2, 0.25) is 36.3 Å². The van der Waals surface area contributed by atoms with Crippen molar-refractivity contribution in [1.82, 2.24) is 0 Å². The Morgan fingerprint density at radius 3 is 1.36 bits per heavy atom. The topological polar surface area (TPSA) is 29.5 Å². The zero-order valence-electron chi connectivity index (χ0n) is 25.1. The fourth-order valence-electron chi connectivity index (χ4n) is 6.64. The molecule has 0 heterocycles. The van der Waals surface area contributed by atoms with Gasteiger partial charge in [-0.1, -0.05) is 180 Å². The van der Waals surface area contributed by atoms with E-state index < -0.39 is 27.9 Å². The normalized spacial score (nSPS) is 13.2. The van der Waals surface area contributed by atoms with Gasteiger partial charge in [-0.25, -0.2) is 0 Å². The van der Waals surface area contributed by atoms with Crippen LogP contribution in [0.4, 0.5) is 0 Å². The minimum Gasteiger partial charge on any atom is -0.377 e. The van der Waals surface area contributed by atoms with Crippen molar-refractivity contribution in [3.8, 4) is 0 Å². The van der Waals surface area contributed by atoms with E-state index >= 15 is 0 Å². The van der Waals surface area contributed by atoms with Gasteiger partial charge in [0.05, 0.1) is 22.8 Å². The molecule has 210 valence electrons. The zero-order valence-corrected chi connectivity index (χ0v) is 27.1. The fraction of sp³-hybridized carbons (Fsp3) is 0.429. The lowest BCUT2D eigenvalue weighted by atomic mass is 9.81. The van der Waals surface area contributed by atoms with E-state index in [1.165, 1.54) is 36.3 Å². The number of benzene rings is 3. The standard InChI is InChI=1S/C35H50O2Si2/c1-7-38(8-2,9-3)34(39(10-4,11-5)12-6)28-33(37-29-30-22-16-13-17-23-30)35(36,31-24-18-14-19-25-31)32-26-20-15-21-27-32/h13-28,33,36H,7-12,29H2,1-6H3/t33-/m1/s1. The lowest BCUT2D eigenvalue weighted by Crippen LogP contribution is -2.51. The molecule has 1 N–H and O–H groups in total. The summed E-state index contributed by atoms with van der Waals surface area (Å²) in [6, 6.07) is 38.1. The summed E-state index contributed by atoms with van der Waals surface area (Å²) in [6.07, 6.45) is 1.97. The molecular formula is C35H50O2Si2. The molecule has 3 rings (SSSR count). The molecule has 2 nitrogen and oxygen atoms in total. The van der Waals surface area contributed by atoms with Crippen molar-refractivity contribution in [2.75, 3.05) is 0 Å². The Balaban J connectivity index is 2.35. The molecule has 0 fully saturated rings. The lowest BCUT2D eigenvalue weighted by Gasteiger charge is -2.45. The number of hydrogen-bond donors (Lipinski definition) is 1. The molecule has 1 atom stereocenters. The number of hydrogen-bond acceptors (Lipinski definition) is 2. The summed E-state index contributed by atoms with van der Waals surface area (Å²) in [6.45, 7) is 14.9. The van der Waals surface area contributed by atoms with Gasteiger partial charge in [0.15, 0.2) is 0 Å². The third-order valence-corrected chi connectivity index (χ3v) is 23.6. The molecule has 0 saturated carbocycles. The fourth-order valence-corrected chi connectivity index (χ4v) is 20.6. The first-order valence-corrected chi connectivity index (χ1v) is 20.4. The van der Waals surface area contributed by atoms with E-state index in [1.54, 1.807) is 4.82 Å². The highest BCUT2D eigenvalue weighted by molar-refractivity contribution is 7.07. The van der Waals surface area contributed by atoms with E-state index in [-0.39, 0.29) is 0 Å². The number of aliphatic hydroxyl groups is 1. The van der Waals surface area contributed by atoms with Crippen LogP contribution in [0.25, 0.3) is 0 Å². The Labute approximate surface area is 240 Å². The maximum Gasteiger partial charge on any atom is 0.144 e. The van der Waals surface area contributed by atoms with E-state index in [0.717, 1.165) is 16.7 Å². The third-order valence-electron chi connectivity index (χ3n) is 9.63. The molecule has 0 bridgehead atoms. The Morgan fingerprint density at radius 2 is 1.00 bits per heavy atom. The molecule has 0 amide bonds. The predicted octanol–water partition coefficient (Wildman–Crippen LogP) is 9.53. The van der Waals surface area contributed by atoms with Crippen LogP contribution in [-0.2, 0) is 16.9 Å². The van der Waals surface area contributed by atoms with Crippen molar-refractivity contribution in [3.63, 3.8) is 0 Å². The first kappa shape index (κ1) is 31.3. The SMILES string of the molecule is CC[Si](CC)(CC)C(=C[C@@H](OCc1ccccc1)C(O)(c1ccccc1)c1ccccc1)[Si](CC)(CC)CC. The molecule has 0 saturated heterocycles. The first-order valence-electron chi connectivity index (χ1n) is 15.1. The molecule has 0 unspecified atom stereocenters. The minimum absolute atomic E-state index is 0.453. The average Bonchev–Trinajstić information content (AvgIpc) is 3.02. The van der Waals surface area contributed by atoms with Crippen LogP contribution < -0.4 is 0 Å². The largest absolute Gasteiger partial charge is 0.377 e. The Morgan fingerprint density at radius 1 is 0.641 bits per heavy atom. The monoisotopic (exact) mass is 558 g/mol. The van der Waals surface area contributed by atoms with Crippen molar-refractivity contribution in [2.24, 2.45) is 0 Å². The van der Waals surface area contributed by atoms with E-state index in [9.17, 15) is 5.11 Å². The molecule has 3 aromatic carbocycles. The van der Waals surface area contributed by atoms with E-state index in [0.29, 0.717) is 6.61 Å². The van der Waals surface area contributed by atoms with Gasteiger partial charge in [-0.15, -0.1) is 0 Å². The van der Waals surface area contributed by atoms with Crippen LogP contribution in [0.5, 0.6) is 0 Å². The van der Waals surface area contributed by atoms with Gasteiger partial charge in [0.25, 0.3) is 0 Å².